The molecule has 0 saturated carbocycles. The van der Waals surface area contributed by atoms with Crippen molar-refractivity contribution in [2.24, 2.45) is 0 Å². The Morgan fingerprint density at radius 1 is 1.25 bits per heavy atom. The average Bonchev–Trinajstić information content (AvgIpc) is 2.64. The van der Waals surface area contributed by atoms with E-state index in [0.29, 0.717) is 0 Å². The maximum atomic E-state index is 4.60. The highest BCUT2D eigenvalue weighted by Gasteiger charge is 2.04. The van der Waals surface area contributed by atoms with E-state index in [2.05, 4.69) is 55.5 Å². The van der Waals surface area contributed by atoms with Gasteiger partial charge in [-0.15, -0.1) is 0 Å². The number of aromatic nitrogens is 2. The number of imidazole rings is 1. The van der Waals surface area contributed by atoms with Crippen molar-refractivity contribution in [3.05, 3.63) is 40.1 Å². The van der Waals surface area contributed by atoms with Crippen molar-refractivity contribution in [3.8, 4) is 0 Å². The van der Waals surface area contributed by atoms with Gasteiger partial charge in [0.25, 0.3) is 0 Å². The van der Waals surface area contributed by atoms with Crippen LogP contribution in [0.2, 0.25) is 0 Å². The van der Waals surface area contributed by atoms with Crippen LogP contribution < -0.4 is 5.32 Å². The molecule has 0 radical (unpaired) electrons. The molecule has 0 bridgehead atoms. The van der Waals surface area contributed by atoms with Crippen LogP contribution in [0.5, 0.6) is 0 Å². The van der Waals surface area contributed by atoms with Crippen molar-refractivity contribution in [1.29, 1.82) is 0 Å². The number of benzene rings is 1. The summed E-state index contributed by atoms with van der Waals surface area (Å²) in [5.74, 6) is 0. The summed E-state index contributed by atoms with van der Waals surface area (Å²) in [6, 6.07) is 10.4. The fourth-order valence-corrected chi connectivity index (χ4v) is 2.32. The molecule has 3 nitrogen and oxygen atoms in total. The molecule has 0 aliphatic carbocycles. The summed E-state index contributed by atoms with van der Waals surface area (Å²) >= 11 is 2.31. The number of anilines is 1. The second-order valence-electron chi connectivity index (χ2n) is 3.64. The number of pyridine rings is 1. The largest absolute Gasteiger partial charge is 0.388 e. The monoisotopic (exact) mass is 321 g/mol. The maximum Gasteiger partial charge on any atom is 0.139 e. The van der Waals surface area contributed by atoms with Gasteiger partial charge in [0.05, 0.1) is 11.0 Å². The molecule has 2 heterocycles. The van der Waals surface area contributed by atoms with Crippen LogP contribution in [0.4, 0.5) is 5.69 Å². The molecule has 0 spiro atoms. The normalized spacial score (nSPS) is 11.1. The lowest BCUT2D eigenvalue weighted by molar-refractivity contribution is 1.22. The van der Waals surface area contributed by atoms with Crippen molar-refractivity contribution in [3.63, 3.8) is 0 Å². The third-order valence-corrected chi connectivity index (χ3v) is 3.33. The molecule has 0 fully saturated rings. The van der Waals surface area contributed by atoms with E-state index in [1.54, 1.807) is 0 Å². The standard InChI is InChI=1S/C12H10IN3/c1-14-9-4-5-16-11-3-2-8(13)6-10(11)15-12(16)7-9/h2-7,14H,1H3/i13-2. The summed E-state index contributed by atoms with van der Waals surface area (Å²) in [7, 11) is 1.91. The van der Waals surface area contributed by atoms with Crippen LogP contribution in [0, 0.1) is 3.57 Å². The van der Waals surface area contributed by atoms with Gasteiger partial charge in [-0.25, -0.2) is 4.98 Å². The van der Waals surface area contributed by atoms with Gasteiger partial charge >= 0.3 is 0 Å². The van der Waals surface area contributed by atoms with E-state index < -0.39 is 0 Å². The Bertz CT molecular complexity index is 672. The van der Waals surface area contributed by atoms with Gasteiger partial charge in [-0.3, -0.25) is 4.40 Å². The molecule has 1 aromatic carbocycles. The summed E-state index contributed by atoms with van der Waals surface area (Å²) in [6.45, 7) is 0. The topological polar surface area (TPSA) is 29.3 Å². The Balaban J connectivity index is 2.40. The molecule has 1 N–H and O–H groups in total. The Labute approximate surface area is 107 Å². The van der Waals surface area contributed by atoms with Crippen LogP contribution in [0.25, 0.3) is 16.7 Å². The molecular formula is C12H10IN3. The number of rotatable bonds is 1. The van der Waals surface area contributed by atoms with E-state index in [1.165, 1.54) is 3.57 Å². The molecule has 3 aromatic rings. The van der Waals surface area contributed by atoms with Gasteiger partial charge in [0, 0.05) is 28.6 Å². The minimum Gasteiger partial charge on any atom is -0.388 e. The number of nitrogens with one attached hydrogen (secondary N) is 1. The van der Waals surface area contributed by atoms with Crippen LogP contribution in [-0.2, 0) is 0 Å². The van der Waals surface area contributed by atoms with Crippen molar-refractivity contribution >= 4 is 45.0 Å². The fraction of sp³-hybridized carbons (Fsp3) is 0.0833. The lowest BCUT2D eigenvalue weighted by Crippen LogP contribution is -1.90. The third kappa shape index (κ3) is 1.44. The first kappa shape index (κ1) is 9.89. The highest BCUT2D eigenvalue weighted by molar-refractivity contribution is 14.1. The molecule has 0 atom stereocenters. The first-order valence-electron chi connectivity index (χ1n) is 5.03. The third-order valence-electron chi connectivity index (χ3n) is 2.66. The van der Waals surface area contributed by atoms with Crippen molar-refractivity contribution < 1.29 is 0 Å². The van der Waals surface area contributed by atoms with E-state index >= 15 is 0 Å². The van der Waals surface area contributed by atoms with Crippen molar-refractivity contribution in [2.75, 3.05) is 12.4 Å². The summed E-state index contributed by atoms with van der Waals surface area (Å²) < 4.78 is 3.31. The summed E-state index contributed by atoms with van der Waals surface area (Å²) in [5, 5.41) is 3.12. The van der Waals surface area contributed by atoms with Crippen LogP contribution in [0.3, 0.4) is 0 Å². The predicted octanol–water partition coefficient (Wildman–Crippen LogP) is 3.13. The quantitative estimate of drug-likeness (QED) is 0.698. The summed E-state index contributed by atoms with van der Waals surface area (Å²) in [5.41, 5.74) is 4.25. The molecule has 0 aliphatic heterocycles. The molecule has 16 heavy (non-hydrogen) atoms. The Hall–Kier alpha value is -1.30. The van der Waals surface area contributed by atoms with E-state index in [-0.39, 0.29) is 0 Å². The predicted molar refractivity (Wildman–Crippen MR) is 75.0 cm³/mol. The van der Waals surface area contributed by atoms with E-state index in [0.717, 1.165) is 22.4 Å². The number of hydrogen-bond donors (Lipinski definition) is 1. The number of fused-ring (bicyclic) bond motifs is 3. The van der Waals surface area contributed by atoms with Crippen LogP contribution in [0.15, 0.2) is 36.5 Å². The van der Waals surface area contributed by atoms with Gasteiger partial charge in [-0.1, -0.05) is 0 Å². The Morgan fingerprint density at radius 3 is 2.94 bits per heavy atom. The van der Waals surface area contributed by atoms with Gasteiger partial charge in [0.2, 0.25) is 0 Å². The number of hydrogen-bond acceptors (Lipinski definition) is 2. The molecular weight excluding hydrogens is 311 g/mol. The van der Waals surface area contributed by atoms with Crippen LogP contribution in [0.1, 0.15) is 0 Å². The molecule has 4 heteroatoms. The molecule has 0 saturated heterocycles. The minimum atomic E-state index is 0.976. The second-order valence-corrected chi connectivity index (χ2v) is 4.88. The summed E-state index contributed by atoms with van der Waals surface area (Å²) in [4.78, 5) is 4.60. The van der Waals surface area contributed by atoms with Gasteiger partial charge in [-0.05, 0) is 46.9 Å². The second kappa shape index (κ2) is 3.62. The van der Waals surface area contributed by atoms with Gasteiger partial charge < -0.3 is 5.32 Å². The molecule has 80 valence electrons. The average molecular weight is 321 g/mol. The lowest BCUT2D eigenvalue weighted by Gasteiger charge is -2.00. The Kier molecular flexibility index (Phi) is 2.24. The van der Waals surface area contributed by atoms with Crippen molar-refractivity contribution in [2.45, 2.75) is 0 Å². The first-order valence-corrected chi connectivity index (χ1v) is 6.11. The summed E-state index contributed by atoms with van der Waals surface area (Å²) in [6.07, 6.45) is 2.05. The number of halogens is 1. The van der Waals surface area contributed by atoms with E-state index in [4.69, 9.17) is 0 Å². The van der Waals surface area contributed by atoms with E-state index in [9.17, 15) is 0 Å². The van der Waals surface area contributed by atoms with Crippen LogP contribution >= 0.6 is 22.6 Å². The first-order chi connectivity index (χ1) is 7.78. The molecule has 3 rings (SSSR count). The zero-order valence-corrected chi connectivity index (χ0v) is 10.9. The maximum absolute atomic E-state index is 4.60. The van der Waals surface area contributed by atoms with Crippen molar-refractivity contribution in [1.82, 2.24) is 9.38 Å². The molecule has 0 amide bonds. The lowest BCUT2D eigenvalue weighted by atomic mass is 10.3. The van der Waals surface area contributed by atoms with E-state index in [1.807, 2.05) is 25.4 Å². The molecule has 0 aliphatic rings. The van der Waals surface area contributed by atoms with Gasteiger partial charge in [0.15, 0.2) is 0 Å². The SMILES string of the molecule is CNc1ccn2c(c1)nc1cc([125I])ccc12. The van der Waals surface area contributed by atoms with Gasteiger partial charge in [0.1, 0.15) is 5.65 Å². The molecule has 0 unspecified atom stereocenters. The highest BCUT2D eigenvalue weighted by Crippen LogP contribution is 2.20. The van der Waals surface area contributed by atoms with Gasteiger partial charge in [-0.2, -0.15) is 0 Å². The Morgan fingerprint density at radius 2 is 2.12 bits per heavy atom. The zero-order chi connectivity index (χ0) is 11.1. The molecule has 2 aromatic heterocycles. The fourth-order valence-electron chi connectivity index (χ4n) is 1.85. The minimum absolute atomic E-state index is 0.976. The highest BCUT2D eigenvalue weighted by atomic mass is 125. The zero-order valence-electron chi connectivity index (χ0n) is 8.74. The number of nitrogens with zero attached hydrogens (tertiary/aromatic N) is 2. The smallest absolute Gasteiger partial charge is 0.139 e. The van der Waals surface area contributed by atoms with Crippen LogP contribution in [-0.4, -0.2) is 16.4 Å².